The minimum Gasteiger partial charge on any atom is -0.368 e. The normalized spacial score (nSPS) is 12.7. The molecule has 1 unspecified atom stereocenters. The number of nitrogens with one attached hydrogen (secondary N) is 1. The van der Waals surface area contributed by atoms with Crippen molar-refractivity contribution in [3.8, 4) is 0 Å². The number of nitrogens with two attached hydrogens (primary N) is 1. The zero-order valence-corrected chi connectivity index (χ0v) is 13.2. The van der Waals surface area contributed by atoms with Crippen LogP contribution in [0.1, 0.15) is 44.5 Å². The molecule has 0 fully saturated rings. The molecule has 6 heteroatoms. The quantitative estimate of drug-likeness (QED) is 0.878. The Morgan fingerprint density at radius 3 is 2.55 bits per heavy atom. The Balaban J connectivity index is 2.31. The summed E-state index contributed by atoms with van der Waals surface area (Å²) in [7, 11) is 0. The number of aryl methyl sites for hydroxylation is 1. The third-order valence-electron chi connectivity index (χ3n) is 3.35. The lowest BCUT2D eigenvalue weighted by atomic mass is 9.92. The summed E-state index contributed by atoms with van der Waals surface area (Å²) in [6, 6.07) is 0. The first-order chi connectivity index (χ1) is 9.51. The Hall–Kier alpha value is -1.69. The van der Waals surface area contributed by atoms with Crippen LogP contribution in [0.4, 0.5) is 17.6 Å². The van der Waals surface area contributed by atoms with Gasteiger partial charge in [0.1, 0.15) is 5.82 Å². The molecular formula is C14H21N5S. The van der Waals surface area contributed by atoms with Crippen molar-refractivity contribution in [3.63, 3.8) is 0 Å². The van der Waals surface area contributed by atoms with Crippen LogP contribution in [0.2, 0.25) is 0 Å². The molecule has 0 spiro atoms. The van der Waals surface area contributed by atoms with E-state index in [0.29, 0.717) is 17.8 Å². The van der Waals surface area contributed by atoms with Crippen LogP contribution in [0.5, 0.6) is 0 Å². The van der Waals surface area contributed by atoms with Gasteiger partial charge in [0.15, 0.2) is 0 Å². The number of aromatic nitrogens is 3. The van der Waals surface area contributed by atoms with E-state index in [4.69, 9.17) is 5.73 Å². The molecule has 5 nitrogen and oxygen atoms in total. The second-order valence-corrected chi connectivity index (χ2v) is 5.97. The molecule has 0 aliphatic carbocycles. The van der Waals surface area contributed by atoms with Crippen molar-refractivity contribution in [2.24, 2.45) is 5.92 Å². The van der Waals surface area contributed by atoms with Crippen LogP contribution >= 0.6 is 11.3 Å². The monoisotopic (exact) mass is 291 g/mol. The number of hydrogen-bond acceptors (Lipinski definition) is 6. The van der Waals surface area contributed by atoms with E-state index in [1.165, 1.54) is 5.56 Å². The number of anilines is 3. The first-order valence-corrected chi connectivity index (χ1v) is 7.76. The van der Waals surface area contributed by atoms with Gasteiger partial charge in [-0.1, -0.05) is 20.8 Å². The average molecular weight is 291 g/mol. The fourth-order valence-electron chi connectivity index (χ4n) is 2.19. The molecule has 0 bridgehead atoms. The summed E-state index contributed by atoms with van der Waals surface area (Å²) in [6.45, 7) is 8.53. The van der Waals surface area contributed by atoms with Gasteiger partial charge >= 0.3 is 0 Å². The lowest BCUT2D eigenvalue weighted by Crippen LogP contribution is -2.14. The van der Waals surface area contributed by atoms with Gasteiger partial charge in [-0.15, -0.1) is 11.3 Å². The number of nitrogen functional groups attached to an aromatic ring is 1. The molecule has 1 atom stereocenters. The van der Waals surface area contributed by atoms with Gasteiger partial charge in [-0.05, 0) is 30.2 Å². The van der Waals surface area contributed by atoms with E-state index in [0.717, 1.165) is 17.9 Å². The van der Waals surface area contributed by atoms with Crippen LogP contribution in [0.15, 0.2) is 10.8 Å². The van der Waals surface area contributed by atoms with Crippen LogP contribution < -0.4 is 11.1 Å². The van der Waals surface area contributed by atoms with Crippen LogP contribution in [0, 0.1) is 12.8 Å². The lowest BCUT2D eigenvalue weighted by molar-refractivity contribution is 0.463. The molecule has 2 rings (SSSR count). The zero-order valence-electron chi connectivity index (χ0n) is 12.3. The van der Waals surface area contributed by atoms with Crippen LogP contribution in [-0.4, -0.2) is 15.0 Å². The van der Waals surface area contributed by atoms with Crippen molar-refractivity contribution in [2.45, 2.75) is 40.0 Å². The molecule has 3 N–H and O–H groups in total. The minimum absolute atomic E-state index is 0.268. The van der Waals surface area contributed by atoms with Crippen molar-refractivity contribution in [2.75, 3.05) is 11.1 Å². The molecule has 0 saturated carbocycles. The molecule has 2 aromatic rings. The summed E-state index contributed by atoms with van der Waals surface area (Å²) < 4.78 is 0. The molecule has 0 aromatic carbocycles. The van der Waals surface area contributed by atoms with Gasteiger partial charge in [-0.2, -0.15) is 15.0 Å². The van der Waals surface area contributed by atoms with E-state index >= 15 is 0 Å². The van der Waals surface area contributed by atoms with Crippen LogP contribution in [0.3, 0.4) is 0 Å². The maximum absolute atomic E-state index is 5.82. The van der Waals surface area contributed by atoms with Gasteiger partial charge in [0.2, 0.25) is 11.9 Å². The SMILES string of the molecule is CCC(c1nc(N)nc(Nc2cscc2C)n1)C(C)C. The minimum atomic E-state index is 0.268. The summed E-state index contributed by atoms with van der Waals surface area (Å²) in [6.07, 6.45) is 0.984. The second kappa shape index (κ2) is 6.17. The van der Waals surface area contributed by atoms with E-state index < -0.39 is 0 Å². The van der Waals surface area contributed by atoms with Crippen molar-refractivity contribution in [1.82, 2.24) is 15.0 Å². The summed E-state index contributed by atoms with van der Waals surface area (Å²) in [5, 5.41) is 7.34. The highest BCUT2D eigenvalue weighted by Gasteiger charge is 2.18. The van der Waals surface area contributed by atoms with Crippen molar-refractivity contribution >= 4 is 28.9 Å². The fourth-order valence-corrected chi connectivity index (χ4v) is 2.97. The maximum Gasteiger partial charge on any atom is 0.232 e. The molecule has 0 aliphatic heterocycles. The summed E-state index contributed by atoms with van der Waals surface area (Å²) >= 11 is 1.64. The van der Waals surface area contributed by atoms with Crippen LogP contribution in [-0.2, 0) is 0 Å². The van der Waals surface area contributed by atoms with Crippen molar-refractivity contribution in [1.29, 1.82) is 0 Å². The molecular weight excluding hydrogens is 270 g/mol. The summed E-state index contributed by atoms with van der Waals surface area (Å²) in [5.41, 5.74) is 8.01. The lowest BCUT2D eigenvalue weighted by Gasteiger charge is -2.18. The third-order valence-corrected chi connectivity index (χ3v) is 4.21. The maximum atomic E-state index is 5.82. The van der Waals surface area contributed by atoms with Gasteiger partial charge in [0, 0.05) is 11.3 Å². The number of thiophene rings is 1. The number of nitrogens with zero attached hydrogens (tertiary/aromatic N) is 3. The highest BCUT2D eigenvalue weighted by molar-refractivity contribution is 7.08. The van der Waals surface area contributed by atoms with E-state index in [1.807, 2.05) is 12.3 Å². The fraction of sp³-hybridized carbons (Fsp3) is 0.500. The topological polar surface area (TPSA) is 76.7 Å². The Bertz CT molecular complexity index is 579. The smallest absolute Gasteiger partial charge is 0.232 e. The van der Waals surface area contributed by atoms with Crippen molar-refractivity contribution in [3.05, 3.63) is 22.1 Å². The van der Waals surface area contributed by atoms with Gasteiger partial charge in [0.05, 0.1) is 5.69 Å². The van der Waals surface area contributed by atoms with Gasteiger partial charge in [0.25, 0.3) is 0 Å². The average Bonchev–Trinajstić information content (AvgIpc) is 2.74. The largest absolute Gasteiger partial charge is 0.368 e. The molecule has 20 heavy (non-hydrogen) atoms. The van der Waals surface area contributed by atoms with Gasteiger partial charge in [-0.25, -0.2) is 0 Å². The highest BCUT2D eigenvalue weighted by Crippen LogP contribution is 2.27. The van der Waals surface area contributed by atoms with E-state index in [-0.39, 0.29) is 5.95 Å². The predicted octanol–water partition coefficient (Wildman–Crippen LogP) is 3.72. The first kappa shape index (κ1) is 14.7. The first-order valence-electron chi connectivity index (χ1n) is 6.82. The Kier molecular flexibility index (Phi) is 4.54. The van der Waals surface area contributed by atoms with Crippen LogP contribution in [0.25, 0.3) is 0 Å². The highest BCUT2D eigenvalue weighted by atomic mass is 32.1. The standard InChI is InChI=1S/C14H21N5S/c1-5-10(8(2)3)12-17-13(15)19-14(18-12)16-11-7-20-6-9(11)4/h6-8,10H,5H2,1-4H3,(H3,15,16,17,18,19). The van der Waals surface area contributed by atoms with E-state index in [2.05, 4.69) is 46.4 Å². The Morgan fingerprint density at radius 2 is 2.00 bits per heavy atom. The molecule has 0 saturated heterocycles. The number of rotatable bonds is 5. The predicted molar refractivity (Wildman–Crippen MR) is 84.4 cm³/mol. The van der Waals surface area contributed by atoms with Gasteiger partial charge in [-0.3, -0.25) is 0 Å². The molecule has 0 amide bonds. The molecule has 108 valence electrons. The molecule has 2 heterocycles. The van der Waals surface area contributed by atoms with Gasteiger partial charge < -0.3 is 11.1 Å². The van der Waals surface area contributed by atoms with Crippen molar-refractivity contribution < 1.29 is 0 Å². The van der Waals surface area contributed by atoms with E-state index in [9.17, 15) is 0 Å². The second-order valence-electron chi connectivity index (χ2n) is 5.23. The molecule has 0 radical (unpaired) electrons. The van der Waals surface area contributed by atoms with E-state index in [1.54, 1.807) is 11.3 Å². The number of hydrogen-bond donors (Lipinski definition) is 2. The Morgan fingerprint density at radius 1 is 1.25 bits per heavy atom. The summed E-state index contributed by atoms with van der Waals surface area (Å²) in [5.74, 6) is 2.32. The molecule has 0 aliphatic rings. The zero-order chi connectivity index (χ0) is 14.7. The summed E-state index contributed by atoms with van der Waals surface area (Å²) in [4.78, 5) is 13.0. The Labute approximate surface area is 123 Å². The third kappa shape index (κ3) is 3.25. The molecule has 2 aromatic heterocycles.